The number of aromatic nitrogens is 3. The normalized spacial score (nSPS) is 8.90. The van der Waals surface area contributed by atoms with Gasteiger partial charge in [-0.15, -0.1) is 10.2 Å². The summed E-state index contributed by atoms with van der Waals surface area (Å²) in [4.78, 5) is 10.2. The molecule has 0 bridgehead atoms. The van der Waals surface area contributed by atoms with Crippen molar-refractivity contribution in [3.05, 3.63) is 12.3 Å². The lowest BCUT2D eigenvalue weighted by molar-refractivity contribution is 0.269. The Bertz CT molecular complexity index is 226. The maximum atomic E-state index is 10.2. The average molecular weight is 159 g/mol. The van der Waals surface area contributed by atoms with E-state index in [9.17, 15) is 4.79 Å². The van der Waals surface area contributed by atoms with Gasteiger partial charge < -0.3 is 0 Å². The predicted molar refractivity (Wildman–Crippen MR) is 34.7 cm³/mol. The number of carbonyl (C=O) groups excluding carboxylic acids is 1. The van der Waals surface area contributed by atoms with Gasteiger partial charge in [-0.2, -0.15) is 0 Å². The lowest BCUT2D eigenvalue weighted by Crippen LogP contribution is -2.03. The quantitative estimate of drug-likeness (QED) is 0.481. The third kappa shape index (κ3) is 1.94. The van der Waals surface area contributed by atoms with Crippen LogP contribution in [0.15, 0.2) is 12.3 Å². The second-order valence-corrected chi connectivity index (χ2v) is 1.75. The van der Waals surface area contributed by atoms with Crippen molar-refractivity contribution in [2.75, 3.05) is 5.32 Å². The van der Waals surface area contributed by atoms with Crippen molar-refractivity contribution in [2.24, 2.45) is 0 Å². The van der Waals surface area contributed by atoms with Crippen LogP contribution in [0, 0.1) is 0 Å². The Kier molecular flexibility index (Phi) is 2.11. The van der Waals surface area contributed by atoms with E-state index in [2.05, 4.69) is 20.7 Å². The number of carbonyl (C=O) groups is 1. The highest BCUT2D eigenvalue weighted by atomic mass is 35.5. The van der Waals surface area contributed by atoms with Gasteiger partial charge in [0.25, 0.3) is 0 Å². The van der Waals surface area contributed by atoms with Gasteiger partial charge in [0, 0.05) is 6.07 Å². The topological polar surface area (TPSA) is 67.8 Å². The number of hydrogen-bond donors (Lipinski definition) is 1. The van der Waals surface area contributed by atoms with Crippen LogP contribution in [0.3, 0.4) is 0 Å². The van der Waals surface area contributed by atoms with E-state index < -0.39 is 5.37 Å². The second-order valence-electron chi connectivity index (χ2n) is 1.40. The zero-order valence-corrected chi connectivity index (χ0v) is 5.54. The highest BCUT2D eigenvalue weighted by molar-refractivity contribution is 6.65. The lowest BCUT2D eigenvalue weighted by Gasteiger charge is -1.93. The number of nitrogens with one attached hydrogen (secondary N) is 1. The Morgan fingerprint density at radius 2 is 2.50 bits per heavy atom. The molecule has 0 saturated heterocycles. The summed E-state index contributed by atoms with van der Waals surface area (Å²) in [6.45, 7) is 0. The first-order chi connectivity index (χ1) is 4.79. The molecule has 0 unspecified atom stereocenters. The largest absolute Gasteiger partial charge is 0.319 e. The number of rotatable bonds is 1. The third-order valence-corrected chi connectivity index (χ3v) is 0.824. The molecule has 0 aromatic carbocycles. The van der Waals surface area contributed by atoms with Crippen molar-refractivity contribution in [1.82, 2.24) is 15.4 Å². The first-order valence-electron chi connectivity index (χ1n) is 2.40. The molecule has 0 aliphatic heterocycles. The van der Waals surface area contributed by atoms with Gasteiger partial charge in [0.2, 0.25) is 0 Å². The van der Waals surface area contributed by atoms with Gasteiger partial charge in [0.05, 0.1) is 6.20 Å². The maximum Gasteiger partial charge on any atom is 0.319 e. The fourth-order valence-corrected chi connectivity index (χ4v) is 0.505. The van der Waals surface area contributed by atoms with Crippen molar-refractivity contribution in [3.63, 3.8) is 0 Å². The number of hydrogen-bond acceptors (Lipinski definition) is 4. The Hall–Kier alpha value is -1.23. The zero-order valence-electron chi connectivity index (χ0n) is 4.78. The highest BCUT2D eigenvalue weighted by Gasteiger charge is 1.95. The molecule has 6 heteroatoms. The number of amides is 1. The van der Waals surface area contributed by atoms with Gasteiger partial charge in [-0.25, -0.2) is 0 Å². The maximum absolute atomic E-state index is 10.2. The third-order valence-electron chi connectivity index (χ3n) is 0.730. The monoisotopic (exact) mass is 158 g/mol. The molecule has 10 heavy (non-hydrogen) atoms. The smallest absolute Gasteiger partial charge is 0.295 e. The summed E-state index contributed by atoms with van der Waals surface area (Å²) in [5.74, 6) is 0.287. The minimum atomic E-state index is -0.694. The van der Waals surface area contributed by atoms with E-state index in [1.165, 1.54) is 12.3 Å². The standard InChI is InChI=1S/C4H3ClN4O/c5-4(10)7-3-1-2-6-9-8-3/h1-2H,(H,6,7,8,10). The molecule has 0 spiro atoms. The fourth-order valence-electron chi connectivity index (χ4n) is 0.408. The molecule has 1 aromatic heterocycles. The molecule has 0 saturated carbocycles. The Morgan fingerprint density at radius 3 is 3.00 bits per heavy atom. The lowest BCUT2D eigenvalue weighted by atomic mass is 10.6. The van der Waals surface area contributed by atoms with E-state index in [0.29, 0.717) is 0 Å². The van der Waals surface area contributed by atoms with Crippen LogP contribution in [-0.2, 0) is 0 Å². The molecule has 0 radical (unpaired) electrons. The van der Waals surface area contributed by atoms with Crippen LogP contribution in [-0.4, -0.2) is 20.8 Å². The van der Waals surface area contributed by atoms with E-state index in [0.717, 1.165) is 0 Å². The fraction of sp³-hybridized carbons (Fsp3) is 0. The van der Waals surface area contributed by atoms with Crippen LogP contribution in [0.5, 0.6) is 0 Å². The van der Waals surface area contributed by atoms with Crippen molar-refractivity contribution >= 4 is 22.8 Å². The molecular weight excluding hydrogens is 156 g/mol. The average Bonchev–Trinajstić information content (AvgIpc) is 1.88. The van der Waals surface area contributed by atoms with E-state index >= 15 is 0 Å². The molecule has 5 nitrogen and oxygen atoms in total. The zero-order chi connectivity index (χ0) is 7.40. The summed E-state index contributed by atoms with van der Waals surface area (Å²) in [5.41, 5.74) is 0. The molecule has 0 atom stereocenters. The van der Waals surface area contributed by atoms with Gasteiger partial charge in [0.15, 0.2) is 5.82 Å². The molecule has 1 rings (SSSR count). The summed E-state index contributed by atoms with van der Waals surface area (Å²) >= 11 is 4.97. The van der Waals surface area contributed by atoms with Gasteiger partial charge >= 0.3 is 5.37 Å². The summed E-state index contributed by atoms with van der Waals surface area (Å²) < 4.78 is 0. The number of halogens is 1. The van der Waals surface area contributed by atoms with Crippen molar-refractivity contribution in [2.45, 2.75) is 0 Å². The summed E-state index contributed by atoms with van der Waals surface area (Å²) in [6, 6.07) is 1.48. The van der Waals surface area contributed by atoms with Crippen molar-refractivity contribution < 1.29 is 4.79 Å². The van der Waals surface area contributed by atoms with Crippen molar-refractivity contribution in [3.8, 4) is 0 Å². The van der Waals surface area contributed by atoms with E-state index in [4.69, 9.17) is 11.6 Å². The molecule has 1 amide bonds. The number of nitrogens with zero attached hydrogens (tertiary/aromatic N) is 3. The molecule has 0 aliphatic carbocycles. The van der Waals surface area contributed by atoms with Gasteiger partial charge in [0.1, 0.15) is 0 Å². The van der Waals surface area contributed by atoms with Gasteiger partial charge in [-0.05, 0) is 16.8 Å². The Morgan fingerprint density at radius 1 is 1.70 bits per heavy atom. The summed E-state index contributed by atoms with van der Waals surface area (Å²) in [7, 11) is 0. The van der Waals surface area contributed by atoms with Crippen LogP contribution in [0.1, 0.15) is 0 Å². The molecule has 0 aliphatic rings. The van der Waals surface area contributed by atoms with Crippen LogP contribution in [0.4, 0.5) is 10.6 Å². The minimum absolute atomic E-state index is 0.287. The Balaban J connectivity index is 2.67. The van der Waals surface area contributed by atoms with Gasteiger partial charge in [-0.1, -0.05) is 0 Å². The number of anilines is 1. The highest BCUT2D eigenvalue weighted by Crippen LogP contribution is 1.97. The summed E-state index contributed by atoms with van der Waals surface area (Å²) in [6.07, 6.45) is 1.40. The van der Waals surface area contributed by atoms with Gasteiger partial charge in [-0.3, -0.25) is 10.1 Å². The van der Waals surface area contributed by atoms with Crippen LogP contribution >= 0.6 is 11.6 Å². The molecule has 1 N–H and O–H groups in total. The van der Waals surface area contributed by atoms with Crippen LogP contribution < -0.4 is 5.32 Å². The van der Waals surface area contributed by atoms with E-state index in [1.54, 1.807) is 0 Å². The predicted octanol–water partition coefficient (Wildman–Crippen LogP) is 0.642. The Labute approximate surface area is 61.4 Å². The summed E-state index contributed by atoms with van der Waals surface area (Å²) in [5, 5.41) is 11.6. The van der Waals surface area contributed by atoms with Crippen LogP contribution in [0.2, 0.25) is 0 Å². The SMILES string of the molecule is O=C(Cl)Nc1ccnnn1. The molecular formula is C4H3ClN4O. The van der Waals surface area contributed by atoms with E-state index in [-0.39, 0.29) is 5.82 Å². The molecule has 52 valence electrons. The van der Waals surface area contributed by atoms with Crippen molar-refractivity contribution in [1.29, 1.82) is 0 Å². The first kappa shape index (κ1) is 6.88. The minimum Gasteiger partial charge on any atom is -0.295 e. The van der Waals surface area contributed by atoms with E-state index in [1.807, 2.05) is 0 Å². The first-order valence-corrected chi connectivity index (χ1v) is 2.77. The second kappa shape index (κ2) is 3.07. The molecule has 1 aromatic rings. The molecule has 0 fully saturated rings. The van der Waals surface area contributed by atoms with Crippen LogP contribution in [0.25, 0.3) is 0 Å². The molecule has 1 heterocycles.